The summed E-state index contributed by atoms with van der Waals surface area (Å²) in [6.45, 7) is 0.785. The van der Waals surface area contributed by atoms with Crippen LogP contribution in [0.1, 0.15) is 12.5 Å². The number of nitrogens with one attached hydrogen (secondary N) is 1. The minimum atomic E-state index is -4.18. The molecule has 3 nitrogen and oxygen atoms in total. The van der Waals surface area contributed by atoms with Crippen molar-refractivity contribution in [3.63, 3.8) is 0 Å². The molecule has 0 fully saturated rings. The van der Waals surface area contributed by atoms with Crippen molar-refractivity contribution in [2.75, 3.05) is 6.54 Å². The van der Waals surface area contributed by atoms with E-state index in [0.717, 1.165) is 16.8 Å². The summed E-state index contributed by atoms with van der Waals surface area (Å²) in [4.78, 5) is 0. The van der Waals surface area contributed by atoms with Gasteiger partial charge in [-0.2, -0.15) is 18.3 Å². The van der Waals surface area contributed by atoms with E-state index in [4.69, 9.17) is 0 Å². The van der Waals surface area contributed by atoms with E-state index in [1.807, 2.05) is 43.6 Å². The van der Waals surface area contributed by atoms with Crippen molar-refractivity contribution in [2.45, 2.75) is 25.6 Å². The average molecular weight is 297 g/mol. The molecule has 0 aliphatic heterocycles. The number of aryl methyl sites for hydroxylation is 1. The summed E-state index contributed by atoms with van der Waals surface area (Å²) < 4.78 is 38.2. The van der Waals surface area contributed by atoms with Crippen molar-refractivity contribution in [3.8, 4) is 11.3 Å². The van der Waals surface area contributed by atoms with Gasteiger partial charge in [0.05, 0.1) is 12.2 Å². The standard InChI is InChI=1S/C15H18F3N3/c1-11(19-10-15(16,17)18)8-12-4-3-5-13(9-12)14-6-7-21(2)20-14/h3-7,9,11,19H,8,10H2,1-2H3/t11-/m1/s1. The molecule has 6 heteroatoms. The SMILES string of the molecule is C[C@H](Cc1cccc(-c2ccn(C)n2)c1)NCC(F)(F)F. The smallest absolute Gasteiger partial charge is 0.306 e. The van der Waals surface area contributed by atoms with E-state index in [1.165, 1.54) is 0 Å². The van der Waals surface area contributed by atoms with Crippen molar-refractivity contribution in [1.82, 2.24) is 15.1 Å². The fourth-order valence-electron chi connectivity index (χ4n) is 2.14. The molecule has 0 unspecified atom stereocenters. The number of benzene rings is 1. The maximum Gasteiger partial charge on any atom is 0.401 e. The molecule has 0 aliphatic rings. The van der Waals surface area contributed by atoms with Gasteiger partial charge in [-0.25, -0.2) is 0 Å². The molecule has 21 heavy (non-hydrogen) atoms. The van der Waals surface area contributed by atoms with Gasteiger partial charge in [0, 0.05) is 24.8 Å². The zero-order chi connectivity index (χ0) is 15.5. The highest BCUT2D eigenvalue weighted by atomic mass is 19.4. The van der Waals surface area contributed by atoms with Crippen LogP contribution in [0, 0.1) is 0 Å². The highest BCUT2D eigenvalue weighted by Crippen LogP contribution is 2.19. The lowest BCUT2D eigenvalue weighted by Gasteiger charge is -2.15. The molecule has 2 rings (SSSR count). The van der Waals surface area contributed by atoms with Crippen molar-refractivity contribution in [3.05, 3.63) is 42.1 Å². The van der Waals surface area contributed by atoms with Gasteiger partial charge in [-0.1, -0.05) is 18.2 Å². The van der Waals surface area contributed by atoms with Crippen LogP contribution >= 0.6 is 0 Å². The van der Waals surface area contributed by atoms with E-state index in [1.54, 1.807) is 11.6 Å². The Bertz CT molecular complexity index is 590. The number of nitrogens with zero attached hydrogens (tertiary/aromatic N) is 2. The van der Waals surface area contributed by atoms with Crippen molar-refractivity contribution >= 4 is 0 Å². The van der Waals surface area contributed by atoms with E-state index in [2.05, 4.69) is 10.4 Å². The van der Waals surface area contributed by atoms with Gasteiger partial charge in [-0.05, 0) is 31.0 Å². The van der Waals surface area contributed by atoms with Crippen LogP contribution in [0.4, 0.5) is 13.2 Å². The second-order valence-corrected chi connectivity index (χ2v) is 5.18. The van der Waals surface area contributed by atoms with Crippen LogP contribution < -0.4 is 5.32 Å². The first kappa shape index (κ1) is 15.6. The Balaban J connectivity index is 2.01. The van der Waals surface area contributed by atoms with Crippen molar-refractivity contribution in [1.29, 1.82) is 0 Å². The monoisotopic (exact) mass is 297 g/mol. The third-order valence-corrected chi connectivity index (χ3v) is 3.13. The summed E-state index contributed by atoms with van der Waals surface area (Å²) in [6.07, 6.45) is -1.78. The van der Waals surface area contributed by atoms with Crippen LogP contribution in [0.3, 0.4) is 0 Å². The van der Waals surface area contributed by atoms with Gasteiger partial charge in [0.25, 0.3) is 0 Å². The molecule has 2 aromatic rings. The van der Waals surface area contributed by atoms with Gasteiger partial charge in [0.2, 0.25) is 0 Å². The minimum absolute atomic E-state index is 0.245. The highest BCUT2D eigenvalue weighted by molar-refractivity contribution is 5.59. The number of hydrogen-bond acceptors (Lipinski definition) is 2. The van der Waals surface area contributed by atoms with E-state index >= 15 is 0 Å². The fraction of sp³-hybridized carbons (Fsp3) is 0.400. The zero-order valence-corrected chi connectivity index (χ0v) is 12.0. The van der Waals surface area contributed by atoms with Crippen LogP contribution in [0.15, 0.2) is 36.5 Å². The molecule has 0 saturated heterocycles. The molecule has 114 valence electrons. The lowest BCUT2D eigenvalue weighted by atomic mass is 10.0. The summed E-state index contributed by atoms with van der Waals surface area (Å²) in [5.74, 6) is 0. The van der Waals surface area contributed by atoms with E-state index < -0.39 is 12.7 Å². The molecule has 0 saturated carbocycles. The van der Waals surface area contributed by atoms with E-state index in [-0.39, 0.29) is 6.04 Å². The Morgan fingerprint density at radius 1 is 1.29 bits per heavy atom. The summed E-state index contributed by atoms with van der Waals surface area (Å²) in [7, 11) is 1.84. The number of alkyl halides is 3. The first-order valence-electron chi connectivity index (χ1n) is 6.72. The third kappa shape index (κ3) is 4.90. The lowest BCUT2D eigenvalue weighted by molar-refractivity contribution is -0.126. The largest absolute Gasteiger partial charge is 0.401 e. The fourth-order valence-corrected chi connectivity index (χ4v) is 2.14. The van der Waals surface area contributed by atoms with Crippen molar-refractivity contribution in [2.24, 2.45) is 7.05 Å². The summed E-state index contributed by atoms with van der Waals surface area (Å²) in [5, 5.41) is 6.81. The first-order chi connectivity index (χ1) is 9.83. The Hall–Kier alpha value is -1.82. The molecule has 1 heterocycles. The van der Waals surface area contributed by atoms with Gasteiger partial charge < -0.3 is 5.32 Å². The Morgan fingerprint density at radius 3 is 2.67 bits per heavy atom. The number of hydrogen-bond donors (Lipinski definition) is 1. The predicted octanol–water partition coefficient (Wildman–Crippen LogP) is 3.17. The van der Waals surface area contributed by atoms with Crippen LogP contribution in [0.2, 0.25) is 0 Å². The van der Waals surface area contributed by atoms with Crippen LogP contribution in [-0.2, 0) is 13.5 Å². The maximum atomic E-state index is 12.2. The van der Waals surface area contributed by atoms with Crippen LogP contribution in [-0.4, -0.2) is 28.5 Å². The van der Waals surface area contributed by atoms with Gasteiger partial charge in [0.15, 0.2) is 0 Å². The van der Waals surface area contributed by atoms with Gasteiger partial charge in [0.1, 0.15) is 0 Å². The van der Waals surface area contributed by atoms with E-state index in [0.29, 0.717) is 6.42 Å². The molecule has 0 aliphatic carbocycles. The molecule has 0 spiro atoms. The molecule has 0 amide bonds. The summed E-state index contributed by atoms with van der Waals surface area (Å²) >= 11 is 0. The maximum absolute atomic E-state index is 12.2. The van der Waals surface area contributed by atoms with Gasteiger partial charge >= 0.3 is 6.18 Å². The highest BCUT2D eigenvalue weighted by Gasteiger charge is 2.27. The van der Waals surface area contributed by atoms with Crippen LogP contribution in [0.5, 0.6) is 0 Å². The Kier molecular flexibility index (Phi) is 4.67. The predicted molar refractivity (Wildman–Crippen MR) is 75.9 cm³/mol. The Morgan fingerprint density at radius 2 is 2.05 bits per heavy atom. The van der Waals surface area contributed by atoms with Crippen LogP contribution in [0.25, 0.3) is 11.3 Å². The third-order valence-electron chi connectivity index (χ3n) is 3.13. The second kappa shape index (κ2) is 6.30. The minimum Gasteiger partial charge on any atom is -0.306 e. The average Bonchev–Trinajstić information content (AvgIpc) is 2.83. The Labute approximate surface area is 121 Å². The normalized spacial score (nSPS) is 13.4. The molecule has 1 atom stereocenters. The van der Waals surface area contributed by atoms with E-state index in [9.17, 15) is 13.2 Å². The number of aromatic nitrogens is 2. The van der Waals surface area contributed by atoms with Gasteiger partial charge in [-0.3, -0.25) is 4.68 Å². The quantitative estimate of drug-likeness (QED) is 0.918. The molecular formula is C15H18F3N3. The number of rotatable bonds is 5. The summed E-state index contributed by atoms with van der Waals surface area (Å²) in [5.41, 5.74) is 2.81. The molecule has 1 aromatic carbocycles. The van der Waals surface area contributed by atoms with Crippen molar-refractivity contribution < 1.29 is 13.2 Å². The first-order valence-corrected chi connectivity index (χ1v) is 6.72. The molecule has 1 aromatic heterocycles. The molecule has 0 radical (unpaired) electrons. The molecular weight excluding hydrogens is 279 g/mol. The lowest BCUT2D eigenvalue weighted by Crippen LogP contribution is -2.36. The second-order valence-electron chi connectivity index (χ2n) is 5.18. The summed E-state index contributed by atoms with van der Waals surface area (Å²) in [6, 6.07) is 9.39. The topological polar surface area (TPSA) is 29.9 Å². The molecule has 1 N–H and O–H groups in total. The molecule has 0 bridgehead atoms. The number of halogens is 3. The van der Waals surface area contributed by atoms with Gasteiger partial charge in [-0.15, -0.1) is 0 Å². The zero-order valence-electron chi connectivity index (χ0n) is 12.0.